The van der Waals surface area contributed by atoms with E-state index in [1.54, 1.807) is 7.11 Å². The Balaban J connectivity index is 3.01. The van der Waals surface area contributed by atoms with E-state index in [1.807, 2.05) is 30.3 Å². The van der Waals surface area contributed by atoms with Crippen molar-refractivity contribution in [2.24, 2.45) is 0 Å². The van der Waals surface area contributed by atoms with Crippen LogP contribution < -0.4 is 4.74 Å². The van der Waals surface area contributed by atoms with Gasteiger partial charge < -0.3 is 0 Å². The monoisotopic (exact) mass is 324 g/mol. The molecular weight excluding hydrogens is 301 g/mol. The normalized spacial score (nSPS) is 12.2. The van der Waals surface area contributed by atoms with E-state index in [0.29, 0.717) is 0 Å². The zero-order valence-electron chi connectivity index (χ0n) is 12.3. The third-order valence-electron chi connectivity index (χ3n) is 2.63. The predicted molar refractivity (Wildman–Crippen MR) is 81.1 cm³/mol. The molecule has 0 bridgehead atoms. The molecule has 4 heteroatoms. The number of esters is 1. The van der Waals surface area contributed by atoms with Gasteiger partial charge in [0, 0.05) is 0 Å². The van der Waals surface area contributed by atoms with Gasteiger partial charge in [0.2, 0.25) is 0 Å². The van der Waals surface area contributed by atoms with Gasteiger partial charge in [0.1, 0.15) is 0 Å². The van der Waals surface area contributed by atoms with Crippen molar-refractivity contribution in [1.82, 2.24) is 0 Å². The van der Waals surface area contributed by atoms with E-state index in [9.17, 15) is 4.79 Å². The van der Waals surface area contributed by atoms with Gasteiger partial charge in [-0.3, -0.25) is 0 Å². The second-order valence-corrected chi connectivity index (χ2v) is 17.2. The van der Waals surface area contributed by atoms with Crippen LogP contribution in [0, 0.1) is 0 Å². The van der Waals surface area contributed by atoms with Gasteiger partial charge in [-0.1, -0.05) is 0 Å². The van der Waals surface area contributed by atoms with Crippen molar-refractivity contribution in [2.45, 2.75) is 22.5 Å². The Morgan fingerprint density at radius 1 is 1.16 bits per heavy atom. The summed E-state index contributed by atoms with van der Waals surface area (Å²) >= 11 is -1.85. The fourth-order valence-electron chi connectivity index (χ4n) is 1.79. The molecule has 0 atom stereocenters. The number of benzene rings is 1. The van der Waals surface area contributed by atoms with Gasteiger partial charge in [-0.15, -0.1) is 0 Å². The van der Waals surface area contributed by atoms with E-state index in [-0.39, 0.29) is 5.97 Å². The van der Waals surface area contributed by atoms with Crippen LogP contribution in [0.2, 0.25) is 22.5 Å². The molecule has 0 aromatic heterocycles. The Morgan fingerprint density at radius 2 is 1.74 bits per heavy atom. The molecule has 0 amide bonds. The predicted octanol–water partition coefficient (Wildman–Crippen LogP) is 3.59. The first-order valence-corrected chi connectivity index (χ1v) is 14.1. The second kappa shape index (κ2) is 6.80. The Bertz CT molecular complexity index is 455. The van der Waals surface area contributed by atoms with Crippen LogP contribution in [0.3, 0.4) is 0 Å². The third kappa shape index (κ3) is 5.51. The first-order valence-electron chi connectivity index (χ1n) is 6.28. The molecule has 0 saturated carbocycles. The summed E-state index contributed by atoms with van der Waals surface area (Å²) in [5.41, 5.74) is 1.76. The van der Waals surface area contributed by atoms with Gasteiger partial charge in [-0.2, -0.15) is 0 Å². The van der Waals surface area contributed by atoms with E-state index < -0.39 is 13.3 Å². The molecule has 0 spiro atoms. The fraction of sp³-hybridized carbons (Fsp3) is 0.400. The molecule has 0 fully saturated rings. The molecule has 1 aromatic carbocycles. The molecular formula is C15H22GeO3. The Morgan fingerprint density at radius 3 is 2.16 bits per heavy atom. The Labute approximate surface area is 118 Å². The topological polar surface area (TPSA) is 35.5 Å². The summed E-state index contributed by atoms with van der Waals surface area (Å²) in [5.74, 6) is 7.43. The van der Waals surface area contributed by atoms with Crippen LogP contribution in [0.15, 0.2) is 29.8 Å². The van der Waals surface area contributed by atoms with Crippen molar-refractivity contribution in [3.8, 4) is 5.75 Å². The molecule has 0 heterocycles. The van der Waals surface area contributed by atoms with Crippen LogP contribution in [0.25, 0.3) is 6.08 Å². The summed E-state index contributed by atoms with van der Waals surface area (Å²) in [7, 11) is 3.07. The molecule has 0 aliphatic carbocycles. The van der Waals surface area contributed by atoms with Crippen molar-refractivity contribution in [3.05, 3.63) is 35.4 Å². The van der Waals surface area contributed by atoms with Gasteiger partial charge in [0.15, 0.2) is 0 Å². The van der Waals surface area contributed by atoms with E-state index >= 15 is 0 Å². The fourth-order valence-corrected chi connectivity index (χ4v) is 4.70. The molecule has 0 unspecified atom stereocenters. The van der Waals surface area contributed by atoms with Gasteiger partial charge in [0.05, 0.1) is 0 Å². The van der Waals surface area contributed by atoms with Gasteiger partial charge in [-0.25, -0.2) is 0 Å². The molecule has 0 N–H and O–H groups in total. The summed E-state index contributed by atoms with van der Waals surface area (Å²) < 4.78 is 9.99. The van der Waals surface area contributed by atoms with E-state index in [4.69, 9.17) is 9.47 Å². The molecule has 1 rings (SSSR count). The van der Waals surface area contributed by atoms with E-state index in [0.717, 1.165) is 22.1 Å². The Kier molecular flexibility index (Phi) is 5.66. The maximum atomic E-state index is 11.8. The first kappa shape index (κ1) is 15.8. The zero-order valence-corrected chi connectivity index (χ0v) is 14.4. The number of carbonyl (C=O) groups excluding carboxylic acids is 1. The molecule has 0 aliphatic heterocycles. The SMILES string of the molecule is COC(=O)/C(=C/c1ccc(OC)cc1)[CH2][Ge]([CH3])([CH3])[CH3]. The Hall–Kier alpha value is -1.23. The average Bonchev–Trinajstić information content (AvgIpc) is 2.36. The summed E-state index contributed by atoms with van der Waals surface area (Å²) in [5, 5.41) is 0.860. The molecule has 19 heavy (non-hydrogen) atoms. The van der Waals surface area contributed by atoms with Gasteiger partial charge in [-0.05, 0) is 0 Å². The second-order valence-electron chi connectivity index (χ2n) is 5.67. The average molecular weight is 323 g/mol. The van der Waals surface area contributed by atoms with Crippen molar-refractivity contribution in [2.75, 3.05) is 14.2 Å². The summed E-state index contributed by atoms with van der Waals surface area (Å²) in [6, 6.07) is 7.66. The summed E-state index contributed by atoms with van der Waals surface area (Å²) in [4.78, 5) is 11.8. The van der Waals surface area contributed by atoms with Crippen LogP contribution >= 0.6 is 0 Å². The number of methoxy groups -OCH3 is 2. The molecule has 3 nitrogen and oxygen atoms in total. The van der Waals surface area contributed by atoms with Crippen LogP contribution in [0.1, 0.15) is 5.56 Å². The number of carbonyl (C=O) groups is 1. The van der Waals surface area contributed by atoms with Crippen LogP contribution in [0.4, 0.5) is 0 Å². The maximum absolute atomic E-state index is 11.8. The van der Waals surface area contributed by atoms with E-state index in [1.165, 1.54) is 7.11 Å². The number of ether oxygens (including phenoxy) is 2. The molecule has 104 valence electrons. The van der Waals surface area contributed by atoms with Crippen molar-refractivity contribution < 1.29 is 14.3 Å². The van der Waals surface area contributed by atoms with Crippen LogP contribution in [-0.2, 0) is 9.53 Å². The number of rotatable bonds is 5. The van der Waals surface area contributed by atoms with Crippen LogP contribution in [-0.4, -0.2) is 33.5 Å². The molecule has 1 aromatic rings. The van der Waals surface area contributed by atoms with Gasteiger partial charge in [0.25, 0.3) is 0 Å². The summed E-state index contributed by atoms with van der Waals surface area (Å²) in [6.45, 7) is 0. The molecule has 0 saturated heterocycles. The van der Waals surface area contributed by atoms with Crippen molar-refractivity contribution in [3.63, 3.8) is 0 Å². The molecule has 0 radical (unpaired) electrons. The minimum absolute atomic E-state index is 0.226. The first-order chi connectivity index (χ1) is 8.85. The number of hydrogen-bond acceptors (Lipinski definition) is 3. The van der Waals surface area contributed by atoms with E-state index in [2.05, 4.69) is 17.3 Å². The third-order valence-corrected chi connectivity index (χ3v) is 5.65. The minimum atomic E-state index is -1.85. The van der Waals surface area contributed by atoms with Crippen molar-refractivity contribution in [1.29, 1.82) is 0 Å². The quantitative estimate of drug-likeness (QED) is 0.472. The zero-order chi connectivity index (χ0) is 14.5. The van der Waals surface area contributed by atoms with Gasteiger partial charge >= 0.3 is 117 Å². The van der Waals surface area contributed by atoms with Crippen molar-refractivity contribution >= 4 is 25.3 Å². The van der Waals surface area contributed by atoms with Crippen LogP contribution in [0.5, 0.6) is 5.75 Å². The number of hydrogen-bond donors (Lipinski definition) is 0. The molecule has 0 aliphatic rings. The standard InChI is InChI=1S/C15H22GeO3/c1-16(2,3)11-13(15(17)19-5)10-12-6-8-14(18-4)9-7-12/h6-10H,11H2,1-5H3/b13-10+. The summed E-state index contributed by atoms with van der Waals surface area (Å²) in [6.07, 6.45) is 1.92.